The zero-order valence-electron chi connectivity index (χ0n) is 16.2. The third-order valence-corrected chi connectivity index (χ3v) is 5.85. The van der Waals surface area contributed by atoms with E-state index in [9.17, 15) is 13.2 Å². The van der Waals surface area contributed by atoms with Crippen LogP contribution in [-0.2, 0) is 16.6 Å². The number of benzene rings is 3. The quantitative estimate of drug-likeness (QED) is 0.402. The Bertz CT molecular complexity index is 1150. The highest BCUT2D eigenvalue weighted by Gasteiger charge is 2.17. The van der Waals surface area contributed by atoms with Crippen molar-refractivity contribution in [3.05, 3.63) is 100 Å². The van der Waals surface area contributed by atoms with E-state index in [2.05, 4.69) is 26.5 Å². The summed E-state index contributed by atoms with van der Waals surface area (Å²) < 4.78 is 26.7. The first-order valence-electron chi connectivity index (χ1n) is 9.03. The number of halogens is 1. The van der Waals surface area contributed by atoms with Crippen LogP contribution in [0, 0.1) is 0 Å². The Morgan fingerprint density at radius 3 is 2.37 bits per heavy atom. The maximum absolute atomic E-state index is 12.3. The molecule has 0 fully saturated rings. The topological polar surface area (TPSA) is 78.8 Å². The molecule has 6 nitrogen and oxygen atoms in total. The normalized spacial score (nSPS) is 11.4. The second-order valence-corrected chi connectivity index (χ2v) is 9.38. The monoisotopic (exact) mass is 485 g/mol. The predicted molar refractivity (Wildman–Crippen MR) is 123 cm³/mol. The molecule has 3 aromatic rings. The van der Waals surface area contributed by atoms with Crippen molar-refractivity contribution >= 4 is 43.8 Å². The fraction of sp³-hybridized carbons (Fsp3) is 0.0909. The molecule has 1 amide bonds. The molecule has 0 saturated carbocycles. The van der Waals surface area contributed by atoms with E-state index >= 15 is 0 Å². The van der Waals surface area contributed by atoms with Gasteiger partial charge in [-0.2, -0.15) is 5.10 Å². The number of hydrazone groups is 1. The van der Waals surface area contributed by atoms with E-state index < -0.39 is 10.0 Å². The third-order valence-electron chi connectivity index (χ3n) is 4.22. The van der Waals surface area contributed by atoms with Crippen LogP contribution in [0.15, 0.2) is 88.4 Å². The minimum atomic E-state index is -3.45. The molecule has 0 aromatic heterocycles. The van der Waals surface area contributed by atoms with E-state index in [-0.39, 0.29) is 12.5 Å². The Balaban J connectivity index is 1.67. The molecule has 3 rings (SSSR count). The van der Waals surface area contributed by atoms with Crippen molar-refractivity contribution in [2.75, 3.05) is 10.6 Å². The van der Waals surface area contributed by atoms with E-state index in [1.807, 2.05) is 30.3 Å². The van der Waals surface area contributed by atoms with Gasteiger partial charge >= 0.3 is 0 Å². The standard InChI is InChI=1S/C22H20BrN3O3S/c1-30(28,29)26(21-8-3-2-4-9-21)16-17-10-12-19(13-11-17)22(27)25-24-15-18-6-5-7-20(23)14-18/h2-15H,16H2,1H3,(H,25,27). The van der Waals surface area contributed by atoms with Crippen LogP contribution in [0.2, 0.25) is 0 Å². The molecule has 0 aliphatic heterocycles. The summed E-state index contributed by atoms with van der Waals surface area (Å²) in [6, 6.07) is 23.2. The molecule has 30 heavy (non-hydrogen) atoms. The zero-order chi connectivity index (χ0) is 21.6. The van der Waals surface area contributed by atoms with Gasteiger partial charge in [-0.05, 0) is 47.5 Å². The van der Waals surface area contributed by atoms with Crippen LogP contribution in [-0.4, -0.2) is 26.8 Å². The van der Waals surface area contributed by atoms with E-state index in [1.165, 1.54) is 10.6 Å². The largest absolute Gasteiger partial charge is 0.271 e. The summed E-state index contributed by atoms with van der Waals surface area (Å²) in [4.78, 5) is 12.3. The van der Waals surface area contributed by atoms with Crippen LogP contribution in [0.4, 0.5) is 5.69 Å². The zero-order valence-corrected chi connectivity index (χ0v) is 18.6. The number of hydrogen-bond donors (Lipinski definition) is 1. The number of amides is 1. The van der Waals surface area contributed by atoms with E-state index in [1.54, 1.807) is 54.7 Å². The van der Waals surface area contributed by atoms with Crippen molar-refractivity contribution in [1.82, 2.24) is 5.43 Å². The van der Waals surface area contributed by atoms with E-state index in [0.29, 0.717) is 11.3 Å². The molecular weight excluding hydrogens is 466 g/mol. The third kappa shape index (κ3) is 6.01. The number of rotatable bonds is 7. The summed E-state index contributed by atoms with van der Waals surface area (Å²) in [6.07, 6.45) is 2.73. The molecule has 0 bridgehead atoms. The van der Waals surface area contributed by atoms with Gasteiger partial charge in [0.15, 0.2) is 0 Å². The second kappa shape index (κ2) is 9.69. The Kier molecular flexibility index (Phi) is 7.02. The smallest absolute Gasteiger partial charge is 0.267 e. The summed E-state index contributed by atoms with van der Waals surface area (Å²) >= 11 is 3.38. The molecule has 0 atom stereocenters. The van der Waals surface area contributed by atoms with Gasteiger partial charge in [0, 0.05) is 10.0 Å². The van der Waals surface area contributed by atoms with Crippen molar-refractivity contribution in [3.63, 3.8) is 0 Å². The first-order valence-corrected chi connectivity index (χ1v) is 11.7. The van der Waals surface area contributed by atoms with Gasteiger partial charge in [0.1, 0.15) is 0 Å². The molecule has 0 aliphatic carbocycles. The molecule has 3 aromatic carbocycles. The first kappa shape index (κ1) is 21.7. The predicted octanol–water partition coefficient (Wildman–Crippen LogP) is 4.18. The van der Waals surface area contributed by atoms with Crippen molar-refractivity contribution in [2.45, 2.75) is 6.54 Å². The minimum Gasteiger partial charge on any atom is -0.267 e. The number of nitrogens with zero attached hydrogens (tertiary/aromatic N) is 2. The maximum Gasteiger partial charge on any atom is 0.271 e. The molecule has 1 N–H and O–H groups in total. The van der Waals surface area contributed by atoms with Crippen LogP contribution in [0.5, 0.6) is 0 Å². The molecule has 0 spiro atoms. The number of hydrogen-bond acceptors (Lipinski definition) is 4. The summed E-state index contributed by atoms with van der Waals surface area (Å²) in [7, 11) is -3.45. The average molecular weight is 486 g/mol. The Morgan fingerprint density at radius 2 is 1.73 bits per heavy atom. The fourth-order valence-corrected chi connectivity index (χ4v) is 4.04. The highest BCUT2D eigenvalue weighted by atomic mass is 79.9. The molecule has 154 valence electrons. The summed E-state index contributed by atoms with van der Waals surface area (Å²) in [5.74, 6) is -0.351. The molecule has 0 radical (unpaired) electrons. The van der Waals surface area contributed by atoms with Gasteiger partial charge in [-0.15, -0.1) is 0 Å². The van der Waals surface area contributed by atoms with Crippen molar-refractivity contribution in [3.8, 4) is 0 Å². The molecule has 0 unspecified atom stereocenters. The van der Waals surface area contributed by atoms with E-state index in [0.717, 1.165) is 15.6 Å². The van der Waals surface area contributed by atoms with Gasteiger partial charge in [0.25, 0.3) is 5.91 Å². The van der Waals surface area contributed by atoms with Gasteiger partial charge < -0.3 is 0 Å². The van der Waals surface area contributed by atoms with Crippen LogP contribution < -0.4 is 9.73 Å². The minimum absolute atomic E-state index is 0.172. The lowest BCUT2D eigenvalue weighted by molar-refractivity contribution is 0.0955. The van der Waals surface area contributed by atoms with Gasteiger partial charge in [0.05, 0.1) is 24.7 Å². The van der Waals surface area contributed by atoms with Crippen LogP contribution in [0.1, 0.15) is 21.5 Å². The van der Waals surface area contributed by atoms with Crippen molar-refractivity contribution < 1.29 is 13.2 Å². The summed E-state index contributed by atoms with van der Waals surface area (Å²) in [5.41, 5.74) is 5.11. The van der Waals surface area contributed by atoms with Crippen LogP contribution in [0.25, 0.3) is 0 Å². The van der Waals surface area contributed by atoms with Gasteiger partial charge in [-0.1, -0.05) is 58.4 Å². The van der Waals surface area contributed by atoms with Crippen molar-refractivity contribution in [2.24, 2.45) is 5.10 Å². The van der Waals surface area contributed by atoms with Gasteiger partial charge in [-0.25, -0.2) is 13.8 Å². The second-order valence-electron chi connectivity index (χ2n) is 6.56. The van der Waals surface area contributed by atoms with Gasteiger partial charge in [0.2, 0.25) is 10.0 Å². The van der Waals surface area contributed by atoms with E-state index in [4.69, 9.17) is 0 Å². The molecule has 8 heteroatoms. The number of sulfonamides is 1. The molecule has 0 aliphatic rings. The highest BCUT2D eigenvalue weighted by molar-refractivity contribution is 9.10. The number of para-hydroxylation sites is 1. The number of carbonyl (C=O) groups is 1. The summed E-state index contributed by atoms with van der Waals surface area (Å²) in [5, 5.41) is 3.97. The lowest BCUT2D eigenvalue weighted by atomic mass is 10.1. The fourth-order valence-electron chi connectivity index (χ4n) is 2.74. The Hall–Kier alpha value is -2.97. The lowest BCUT2D eigenvalue weighted by Crippen LogP contribution is -2.29. The van der Waals surface area contributed by atoms with Crippen LogP contribution >= 0.6 is 15.9 Å². The highest BCUT2D eigenvalue weighted by Crippen LogP contribution is 2.20. The Morgan fingerprint density at radius 1 is 1.03 bits per heavy atom. The molecule has 0 saturated heterocycles. The number of carbonyl (C=O) groups excluding carboxylic acids is 1. The molecule has 0 heterocycles. The van der Waals surface area contributed by atoms with Crippen LogP contribution in [0.3, 0.4) is 0 Å². The maximum atomic E-state index is 12.3. The number of nitrogens with one attached hydrogen (secondary N) is 1. The number of anilines is 1. The lowest BCUT2D eigenvalue weighted by Gasteiger charge is -2.22. The van der Waals surface area contributed by atoms with Crippen molar-refractivity contribution in [1.29, 1.82) is 0 Å². The Labute approximate surface area is 184 Å². The SMILES string of the molecule is CS(=O)(=O)N(Cc1ccc(C(=O)NN=Cc2cccc(Br)c2)cc1)c1ccccc1. The average Bonchev–Trinajstić information content (AvgIpc) is 2.72. The first-order chi connectivity index (χ1) is 14.3. The summed E-state index contributed by atoms with van der Waals surface area (Å²) in [6.45, 7) is 0.172. The molecular formula is C22H20BrN3O3S. The van der Waals surface area contributed by atoms with Gasteiger partial charge in [-0.3, -0.25) is 9.10 Å².